The summed E-state index contributed by atoms with van der Waals surface area (Å²) in [4.78, 5) is 28.3. The summed E-state index contributed by atoms with van der Waals surface area (Å²) in [5.74, 6) is -0.466. The molecule has 0 saturated carbocycles. The highest BCUT2D eigenvalue weighted by molar-refractivity contribution is 6.25. The summed E-state index contributed by atoms with van der Waals surface area (Å²) < 4.78 is 5.47. The zero-order valence-electron chi connectivity index (χ0n) is 11.9. The van der Waals surface area contributed by atoms with Crippen molar-refractivity contribution < 1.29 is 19.5 Å². The third-order valence-electron chi connectivity index (χ3n) is 4.05. The topological polar surface area (TPSA) is 88.0 Å². The highest BCUT2D eigenvalue weighted by Gasteiger charge is 2.33. The molecule has 6 nitrogen and oxygen atoms in total. The van der Waals surface area contributed by atoms with Gasteiger partial charge >= 0.3 is 0 Å². The van der Waals surface area contributed by atoms with Crippen molar-refractivity contribution in [3.8, 4) is 11.1 Å². The van der Waals surface area contributed by atoms with Gasteiger partial charge in [0, 0.05) is 16.7 Å². The number of ether oxygens (including phenoxy) is 1. The van der Waals surface area contributed by atoms with Crippen LogP contribution in [0.15, 0.2) is 47.5 Å². The van der Waals surface area contributed by atoms with E-state index in [9.17, 15) is 9.59 Å². The van der Waals surface area contributed by atoms with Crippen LogP contribution in [0.4, 0.5) is 0 Å². The van der Waals surface area contributed by atoms with Crippen molar-refractivity contribution in [1.82, 2.24) is 5.48 Å². The summed E-state index contributed by atoms with van der Waals surface area (Å²) in [5.41, 5.74) is 5.04. The van der Waals surface area contributed by atoms with E-state index in [0.29, 0.717) is 16.7 Å². The van der Waals surface area contributed by atoms with Gasteiger partial charge in [-0.1, -0.05) is 36.4 Å². The number of amides is 1. The van der Waals surface area contributed by atoms with Crippen LogP contribution in [-0.4, -0.2) is 35.4 Å². The summed E-state index contributed by atoms with van der Waals surface area (Å²) in [7, 11) is 0. The van der Waals surface area contributed by atoms with Crippen molar-refractivity contribution in [3.05, 3.63) is 59.2 Å². The number of hydroxylamine groups is 1. The predicted molar refractivity (Wildman–Crippen MR) is 81.5 cm³/mol. The molecule has 0 aromatic heterocycles. The second kappa shape index (κ2) is 5.03. The number of hydrogen-bond donors (Lipinski definition) is 2. The van der Waals surface area contributed by atoms with Crippen LogP contribution in [0.3, 0.4) is 0 Å². The fourth-order valence-electron chi connectivity index (χ4n) is 2.98. The number of rotatable bonds is 2. The van der Waals surface area contributed by atoms with Crippen LogP contribution in [0.5, 0.6) is 0 Å². The van der Waals surface area contributed by atoms with Gasteiger partial charge in [0.2, 0.25) is 5.90 Å². The maximum atomic E-state index is 12.7. The Bertz CT molecular complexity index is 873. The zero-order chi connectivity index (χ0) is 16.0. The lowest BCUT2D eigenvalue weighted by molar-refractivity contribution is -0.130. The molecule has 0 fully saturated rings. The lowest BCUT2D eigenvalue weighted by atomic mass is 10.0. The average Bonchev–Trinajstić information content (AvgIpc) is 3.19. The van der Waals surface area contributed by atoms with Crippen LogP contribution in [-0.2, 0) is 9.53 Å². The van der Waals surface area contributed by atoms with Gasteiger partial charge < -0.3 is 4.74 Å². The second-order valence-corrected chi connectivity index (χ2v) is 5.34. The van der Waals surface area contributed by atoms with E-state index in [1.807, 2.05) is 30.3 Å². The smallest absolute Gasteiger partial charge is 0.271 e. The van der Waals surface area contributed by atoms with Gasteiger partial charge in [0.15, 0.2) is 11.8 Å². The van der Waals surface area contributed by atoms with Gasteiger partial charge in [-0.15, -0.1) is 0 Å². The number of fused-ring (bicyclic) bond motifs is 3. The molecule has 0 bridgehead atoms. The highest BCUT2D eigenvalue weighted by Crippen LogP contribution is 2.38. The van der Waals surface area contributed by atoms with Crippen LogP contribution in [0.2, 0.25) is 0 Å². The largest absolute Gasteiger partial charge is 0.475 e. The van der Waals surface area contributed by atoms with Crippen LogP contribution < -0.4 is 5.48 Å². The number of carbonyl (C=O) groups is 2. The minimum Gasteiger partial charge on any atom is -0.475 e. The maximum absolute atomic E-state index is 12.7. The van der Waals surface area contributed by atoms with Crippen LogP contribution >= 0.6 is 0 Å². The lowest BCUT2D eigenvalue weighted by Crippen LogP contribution is -2.31. The first-order valence-corrected chi connectivity index (χ1v) is 7.12. The molecule has 4 rings (SSSR count). The van der Waals surface area contributed by atoms with Crippen molar-refractivity contribution in [1.29, 1.82) is 0 Å². The van der Waals surface area contributed by atoms with E-state index in [1.165, 1.54) is 0 Å². The predicted octanol–water partition coefficient (Wildman–Crippen LogP) is 1.55. The molecule has 2 N–H and O–H groups in total. The number of aliphatic imine (C=N–C) groups is 1. The molecule has 114 valence electrons. The zero-order valence-corrected chi connectivity index (χ0v) is 11.9. The van der Waals surface area contributed by atoms with Crippen molar-refractivity contribution in [3.63, 3.8) is 0 Å². The summed E-state index contributed by atoms with van der Waals surface area (Å²) in [6, 6.07) is 12.1. The van der Waals surface area contributed by atoms with Gasteiger partial charge in [0.1, 0.15) is 6.61 Å². The van der Waals surface area contributed by atoms with Gasteiger partial charge in [-0.2, -0.15) is 0 Å². The van der Waals surface area contributed by atoms with Crippen molar-refractivity contribution in [2.45, 2.75) is 6.04 Å². The fraction of sp³-hybridized carbons (Fsp3) is 0.118. The number of carbonyl (C=O) groups excluding carboxylic acids is 2. The minimum absolute atomic E-state index is 0.0343. The first kappa shape index (κ1) is 13.7. The SMILES string of the molecule is O=C1c2ccccc2-c2cccc(C3=N[C@@H](C(=O)NO)CO3)c21. The summed E-state index contributed by atoms with van der Waals surface area (Å²) in [6.07, 6.45) is 0. The van der Waals surface area contributed by atoms with Crippen molar-refractivity contribution >= 4 is 17.6 Å². The van der Waals surface area contributed by atoms with E-state index in [1.54, 1.807) is 17.6 Å². The number of nitrogens with zero attached hydrogens (tertiary/aromatic N) is 1. The number of benzene rings is 2. The lowest BCUT2D eigenvalue weighted by Gasteiger charge is -2.06. The highest BCUT2D eigenvalue weighted by atomic mass is 16.5. The standard InChI is InChI=1S/C17H12N2O4/c20-15-11-5-2-1-4-9(11)10-6-3-7-12(14(10)15)17-18-13(8-23-17)16(21)19-22/h1-7,13,22H,8H2,(H,19,21)/t13-/m1/s1. The molecule has 2 aromatic carbocycles. The van der Waals surface area contributed by atoms with Crippen molar-refractivity contribution in [2.75, 3.05) is 6.61 Å². The van der Waals surface area contributed by atoms with E-state index < -0.39 is 11.9 Å². The first-order valence-electron chi connectivity index (χ1n) is 7.12. The molecule has 23 heavy (non-hydrogen) atoms. The molecule has 1 amide bonds. The van der Waals surface area contributed by atoms with E-state index in [-0.39, 0.29) is 18.3 Å². The third-order valence-corrected chi connectivity index (χ3v) is 4.05. The summed E-state index contributed by atoms with van der Waals surface area (Å²) in [5, 5.41) is 8.69. The Hall–Kier alpha value is -2.99. The summed E-state index contributed by atoms with van der Waals surface area (Å²) in [6.45, 7) is 0.0343. The van der Waals surface area contributed by atoms with E-state index >= 15 is 0 Å². The van der Waals surface area contributed by atoms with Crippen LogP contribution in [0, 0.1) is 0 Å². The Labute approximate surface area is 131 Å². The van der Waals surface area contributed by atoms with E-state index in [2.05, 4.69) is 4.99 Å². The third kappa shape index (κ3) is 1.96. The fourth-order valence-corrected chi connectivity index (χ4v) is 2.98. The molecule has 1 aliphatic carbocycles. The maximum Gasteiger partial charge on any atom is 0.271 e. The quantitative estimate of drug-likeness (QED) is 0.555. The average molecular weight is 308 g/mol. The molecule has 1 aliphatic heterocycles. The number of ketones is 1. The van der Waals surface area contributed by atoms with Gasteiger partial charge in [0.05, 0.1) is 0 Å². The van der Waals surface area contributed by atoms with Crippen LogP contribution in [0.1, 0.15) is 21.5 Å². The Kier molecular flexibility index (Phi) is 2.99. The van der Waals surface area contributed by atoms with Crippen molar-refractivity contribution in [2.24, 2.45) is 4.99 Å². The molecule has 0 saturated heterocycles. The number of nitrogens with one attached hydrogen (secondary N) is 1. The normalized spacial score (nSPS) is 18.0. The Morgan fingerprint density at radius 1 is 1.09 bits per heavy atom. The molecule has 6 heteroatoms. The Morgan fingerprint density at radius 2 is 1.78 bits per heavy atom. The summed E-state index contributed by atoms with van der Waals surface area (Å²) >= 11 is 0. The van der Waals surface area contributed by atoms with Crippen LogP contribution in [0.25, 0.3) is 11.1 Å². The second-order valence-electron chi connectivity index (χ2n) is 5.34. The molecule has 0 radical (unpaired) electrons. The van der Waals surface area contributed by atoms with Gasteiger partial charge in [-0.3, -0.25) is 14.8 Å². The minimum atomic E-state index is -0.815. The Balaban J connectivity index is 1.83. The molecule has 0 unspecified atom stereocenters. The molecule has 1 heterocycles. The Morgan fingerprint density at radius 3 is 2.57 bits per heavy atom. The van der Waals surface area contributed by atoms with E-state index in [0.717, 1.165) is 11.1 Å². The number of hydrogen-bond acceptors (Lipinski definition) is 5. The van der Waals surface area contributed by atoms with Gasteiger partial charge in [0.25, 0.3) is 5.91 Å². The molecular formula is C17H12N2O4. The molecule has 1 atom stereocenters. The monoisotopic (exact) mass is 308 g/mol. The molecule has 2 aromatic rings. The van der Waals surface area contributed by atoms with Gasteiger partial charge in [-0.05, 0) is 17.2 Å². The van der Waals surface area contributed by atoms with Gasteiger partial charge in [-0.25, -0.2) is 10.5 Å². The molecule has 0 spiro atoms. The first-order chi connectivity index (χ1) is 11.2. The molecular weight excluding hydrogens is 296 g/mol. The van der Waals surface area contributed by atoms with E-state index in [4.69, 9.17) is 9.94 Å². The molecule has 2 aliphatic rings.